The van der Waals surface area contributed by atoms with Crippen molar-refractivity contribution in [1.29, 1.82) is 0 Å². The number of amides is 2. The van der Waals surface area contributed by atoms with Gasteiger partial charge in [0.05, 0.1) is 17.1 Å². The second-order valence-corrected chi connectivity index (χ2v) is 7.95. The van der Waals surface area contributed by atoms with Gasteiger partial charge in [-0.25, -0.2) is 0 Å². The molecule has 0 aliphatic rings. The standard InChI is InChI=1S/C15H22N3O7P/c1-9(2)24-26(23,25-10(3)4)15(13(16)19)17-14(20)11-6-5-7-12(8-11)18(21)22/h5-10,15H,1-4H3,(H2,16,19)(H,17,20)/t15-/m0/s1. The summed E-state index contributed by atoms with van der Waals surface area (Å²) in [5.74, 6) is -3.75. The van der Waals surface area contributed by atoms with Crippen LogP contribution in [0, 0.1) is 10.1 Å². The van der Waals surface area contributed by atoms with E-state index in [1.807, 2.05) is 0 Å². The van der Waals surface area contributed by atoms with Gasteiger partial charge in [-0.2, -0.15) is 0 Å². The number of hydrogen-bond donors (Lipinski definition) is 2. The molecule has 144 valence electrons. The number of carbonyl (C=O) groups excluding carboxylic acids is 2. The molecule has 0 aromatic heterocycles. The summed E-state index contributed by atoms with van der Waals surface area (Å²) in [5.41, 5.74) is 4.87. The summed E-state index contributed by atoms with van der Waals surface area (Å²) < 4.78 is 23.6. The third-order valence-corrected chi connectivity index (χ3v) is 5.34. The van der Waals surface area contributed by atoms with Crippen molar-refractivity contribution < 1.29 is 28.1 Å². The smallest absolute Gasteiger partial charge is 0.362 e. The van der Waals surface area contributed by atoms with Crippen molar-refractivity contribution in [2.45, 2.75) is 45.7 Å². The van der Waals surface area contributed by atoms with Gasteiger partial charge in [0.15, 0.2) is 0 Å². The van der Waals surface area contributed by atoms with E-state index in [1.54, 1.807) is 27.7 Å². The van der Waals surface area contributed by atoms with Crippen LogP contribution in [-0.4, -0.2) is 34.7 Å². The van der Waals surface area contributed by atoms with Crippen molar-refractivity contribution in [2.75, 3.05) is 0 Å². The van der Waals surface area contributed by atoms with Crippen LogP contribution in [0.4, 0.5) is 5.69 Å². The maximum Gasteiger partial charge on any atom is 0.362 e. The van der Waals surface area contributed by atoms with Crippen molar-refractivity contribution in [1.82, 2.24) is 5.32 Å². The number of non-ortho nitro benzene ring substituents is 1. The molecular formula is C15H22N3O7P. The zero-order chi connectivity index (χ0) is 20.1. The van der Waals surface area contributed by atoms with Crippen molar-refractivity contribution in [3.05, 3.63) is 39.9 Å². The first-order valence-electron chi connectivity index (χ1n) is 7.77. The van der Waals surface area contributed by atoms with Crippen molar-refractivity contribution in [3.8, 4) is 0 Å². The largest absolute Gasteiger partial charge is 0.367 e. The zero-order valence-electron chi connectivity index (χ0n) is 14.9. The van der Waals surface area contributed by atoms with Gasteiger partial charge in [-0.1, -0.05) is 6.07 Å². The third kappa shape index (κ3) is 5.91. The fourth-order valence-electron chi connectivity index (χ4n) is 2.01. The molecule has 0 saturated carbocycles. The lowest BCUT2D eigenvalue weighted by atomic mass is 10.2. The van der Waals surface area contributed by atoms with Crippen LogP contribution in [0.1, 0.15) is 38.1 Å². The minimum absolute atomic E-state index is 0.105. The van der Waals surface area contributed by atoms with E-state index in [1.165, 1.54) is 18.2 Å². The Labute approximate surface area is 150 Å². The number of rotatable bonds is 9. The molecule has 0 aliphatic heterocycles. The highest BCUT2D eigenvalue weighted by Gasteiger charge is 2.43. The molecule has 3 N–H and O–H groups in total. The van der Waals surface area contributed by atoms with Crippen LogP contribution in [0.2, 0.25) is 0 Å². The van der Waals surface area contributed by atoms with Crippen LogP contribution >= 0.6 is 7.60 Å². The Morgan fingerprint density at radius 1 is 1.19 bits per heavy atom. The first kappa shape index (κ1) is 21.8. The molecule has 1 atom stereocenters. The molecule has 0 fully saturated rings. The number of nitrogens with two attached hydrogens (primary N) is 1. The molecule has 0 saturated heterocycles. The Hall–Kier alpha value is -2.29. The molecule has 0 bridgehead atoms. The Balaban J connectivity index is 3.18. The van der Waals surface area contributed by atoms with E-state index in [9.17, 15) is 24.3 Å². The summed E-state index contributed by atoms with van der Waals surface area (Å²) in [6.07, 6.45) is -1.15. The zero-order valence-corrected chi connectivity index (χ0v) is 15.8. The third-order valence-electron chi connectivity index (χ3n) is 2.89. The quantitative estimate of drug-likeness (QED) is 0.374. The minimum atomic E-state index is -4.14. The molecule has 0 heterocycles. The Kier molecular flexibility index (Phi) is 7.43. The second-order valence-electron chi connectivity index (χ2n) is 5.93. The summed E-state index contributed by atoms with van der Waals surface area (Å²) in [6.45, 7) is 6.32. The summed E-state index contributed by atoms with van der Waals surface area (Å²) >= 11 is 0. The van der Waals surface area contributed by atoms with Crippen LogP contribution in [0.3, 0.4) is 0 Å². The Morgan fingerprint density at radius 2 is 1.73 bits per heavy atom. The van der Waals surface area contributed by atoms with E-state index in [0.29, 0.717) is 0 Å². The predicted octanol–water partition coefficient (Wildman–Crippen LogP) is 2.18. The van der Waals surface area contributed by atoms with Crippen molar-refractivity contribution in [2.24, 2.45) is 5.73 Å². The fourth-order valence-corrected chi connectivity index (χ4v) is 4.06. The van der Waals surface area contributed by atoms with E-state index in [2.05, 4.69) is 5.32 Å². The number of nitrogens with zero attached hydrogens (tertiary/aromatic N) is 1. The monoisotopic (exact) mass is 387 g/mol. The van der Waals surface area contributed by atoms with Crippen LogP contribution < -0.4 is 11.1 Å². The first-order chi connectivity index (χ1) is 12.0. The van der Waals surface area contributed by atoms with Gasteiger partial charge in [-0.05, 0) is 33.8 Å². The van der Waals surface area contributed by atoms with Gasteiger partial charge in [0.25, 0.3) is 17.5 Å². The second kappa shape index (κ2) is 8.88. The molecule has 26 heavy (non-hydrogen) atoms. The van der Waals surface area contributed by atoms with Crippen LogP contribution in [-0.2, 0) is 18.4 Å². The SMILES string of the molecule is CC(C)OP(=O)(OC(C)C)[C@H](NC(=O)c1cccc([N+](=O)[O-])c1)C(N)=O. The molecule has 0 unspecified atom stereocenters. The number of carbonyl (C=O) groups is 2. The van der Waals surface area contributed by atoms with E-state index >= 15 is 0 Å². The molecule has 0 aliphatic carbocycles. The highest BCUT2D eigenvalue weighted by molar-refractivity contribution is 7.55. The molecule has 11 heteroatoms. The summed E-state index contributed by atoms with van der Waals surface area (Å²) in [7, 11) is -4.14. The average Bonchev–Trinajstić information content (AvgIpc) is 2.50. The number of primary amides is 1. The van der Waals surface area contributed by atoms with E-state index in [0.717, 1.165) is 6.07 Å². The summed E-state index contributed by atoms with van der Waals surface area (Å²) in [5, 5.41) is 13.0. The van der Waals surface area contributed by atoms with Crippen LogP contribution in [0.5, 0.6) is 0 Å². The Morgan fingerprint density at radius 3 is 2.15 bits per heavy atom. The normalized spacial score (nSPS) is 12.8. The molecule has 1 aromatic carbocycles. The number of benzene rings is 1. The topological polar surface area (TPSA) is 151 Å². The van der Waals surface area contributed by atoms with Gasteiger partial charge in [0.2, 0.25) is 5.78 Å². The van der Waals surface area contributed by atoms with Crippen LogP contribution in [0.15, 0.2) is 24.3 Å². The molecule has 0 spiro atoms. The predicted molar refractivity (Wildman–Crippen MR) is 93.6 cm³/mol. The van der Waals surface area contributed by atoms with E-state index < -0.39 is 42.3 Å². The average molecular weight is 387 g/mol. The van der Waals surface area contributed by atoms with Crippen molar-refractivity contribution >= 4 is 25.1 Å². The number of nitro groups is 1. The lowest BCUT2D eigenvalue weighted by Crippen LogP contribution is -2.45. The number of nitro benzene ring substituents is 1. The van der Waals surface area contributed by atoms with Crippen LogP contribution in [0.25, 0.3) is 0 Å². The molecule has 1 rings (SSSR count). The summed E-state index contributed by atoms with van der Waals surface area (Å²) in [6, 6.07) is 4.83. The fraction of sp³-hybridized carbons (Fsp3) is 0.467. The van der Waals surface area contributed by atoms with Gasteiger partial charge in [0, 0.05) is 17.7 Å². The number of hydrogen-bond acceptors (Lipinski definition) is 7. The van der Waals surface area contributed by atoms with Gasteiger partial charge in [0.1, 0.15) is 0 Å². The molecule has 10 nitrogen and oxygen atoms in total. The first-order valence-corrected chi connectivity index (χ1v) is 9.38. The van der Waals surface area contributed by atoms with Gasteiger partial charge < -0.3 is 20.1 Å². The van der Waals surface area contributed by atoms with Gasteiger partial charge >= 0.3 is 7.60 Å². The summed E-state index contributed by atoms with van der Waals surface area (Å²) in [4.78, 5) is 34.4. The van der Waals surface area contributed by atoms with E-state index in [4.69, 9.17) is 14.8 Å². The molecular weight excluding hydrogens is 365 g/mol. The molecule has 0 radical (unpaired) electrons. The van der Waals surface area contributed by atoms with Crippen molar-refractivity contribution in [3.63, 3.8) is 0 Å². The lowest BCUT2D eigenvalue weighted by Gasteiger charge is -2.28. The maximum absolute atomic E-state index is 13.0. The van der Waals surface area contributed by atoms with Gasteiger partial charge in [-0.15, -0.1) is 0 Å². The van der Waals surface area contributed by atoms with E-state index in [-0.39, 0.29) is 11.3 Å². The lowest BCUT2D eigenvalue weighted by molar-refractivity contribution is -0.384. The highest BCUT2D eigenvalue weighted by atomic mass is 31.2. The van der Waals surface area contributed by atoms with Gasteiger partial charge in [-0.3, -0.25) is 24.3 Å². The Bertz CT molecular complexity index is 722. The molecule has 1 aromatic rings. The highest BCUT2D eigenvalue weighted by Crippen LogP contribution is 2.54. The minimum Gasteiger partial charge on any atom is -0.367 e. The molecule has 2 amide bonds. The maximum atomic E-state index is 13.0. The number of nitrogens with one attached hydrogen (secondary N) is 1.